The van der Waals surface area contributed by atoms with E-state index in [-0.39, 0.29) is 0 Å². The van der Waals surface area contributed by atoms with E-state index in [1.165, 1.54) is 5.56 Å². The normalized spacial score (nSPS) is 9.86. The number of allylic oxidation sites excluding steroid dienone is 1. The van der Waals surface area contributed by atoms with Gasteiger partial charge in [0.1, 0.15) is 0 Å². The average molecular weight is 249 g/mol. The van der Waals surface area contributed by atoms with E-state index in [0.29, 0.717) is 0 Å². The standard InChI is InChI=1S/C13H13Br/c1-2-3-4-5-6-9-12-10-7-8-11-13(12)14/h6-11H,2-3H2,1H3/b9-6+. The van der Waals surface area contributed by atoms with Crippen molar-refractivity contribution in [2.45, 2.75) is 19.8 Å². The van der Waals surface area contributed by atoms with Crippen LogP contribution < -0.4 is 0 Å². The molecular weight excluding hydrogens is 236 g/mol. The Morgan fingerprint density at radius 1 is 1.36 bits per heavy atom. The summed E-state index contributed by atoms with van der Waals surface area (Å²) < 4.78 is 1.11. The molecule has 0 unspecified atom stereocenters. The van der Waals surface area contributed by atoms with Crippen LogP contribution in [0.25, 0.3) is 6.08 Å². The van der Waals surface area contributed by atoms with Crippen LogP contribution in [0, 0.1) is 11.8 Å². The highest BCUT2D eigenvalue weighted by Crippen LogP contribution is 2.16. The maximum atomic E-state index is 3.48. The van der Waals surface area contributed by atoms with Gasteiger partial charge in [0.15, 0.2) is 0 Å². The van der Waals surface area contributed by atoms with E-state index in [4.69, 9.17) is 0 Å². The van der Waals surface area contributed by atoms with Crippen molar-refractivity contribution >= 4 is 22.0 Å². The lowest BCUT2D eigenvalue weighted by Crippen LogP contribution is -1.72. The summed E-state index contributed by atoms with van der Waals surface area (Å²) in [6.45, 7) is 2.13. The van der Waals surface area contributed by atoms with Gasteiger partial charge >= 0.3 is 0 Å². The molecule has 1 aromatic carbocycles. The fourth-order valence-electron chi connectivity index (χ4n) is 0.998. The van der Waals surface area contributed by atoms with Crippen LogP contribution in [-0.2, 0) is 0 Å². The predicted octanol–water partition coefficient (Wildman–Crippen LogP) is 4.27. The first kappa shape index (κ1) is 11.1. The smallest absolute Gasteiger partial charge is 0.0247 e. The highest BCUT2D eigenvalue weighted by atomic mass is 79.9. The maximum absolute atomic E-state index is 3.48. The molecule has 0 aliphatic heterocycles. The summed E-state index contributed by atoms with van der Waals surface area (Å²) in [4.78, 5) is 0. The first-order chi connectivity index (χ1) is 6.84. The minimum Gasteiger partial charge on any atom is -0.0985 e. The Hall–Kier alpha value is -1.00. The van der Waals surface area contributed by atoms with Crippen LogP contribution in [0.3, 0.4) is 0 Å². The first-order valence-electron chi connectivity index (χ1n) is 4.74. The molecule has 0 aromatic heterocycles. The van der Waals surface area contributed by atoms with Gasteiger partial charge in [0.25, 0.3) is 0 Å². The van der Waals surface area contributed by atoms with Crippen molar-refractivity contribution in [3.05, 3.63) is 40.4 Å². The minimum absolute atomic E-state index is 0.973. The minimum atomic E-state index is 0.973. The van der Waals surface area contributed by atoms with Gasteiger partial charge in [0.2, 0.25) is 0 Å². The third-order valence-corrected chi connectivity index (χ3v) is 2.45. The number of benzene rings is 1. The van der Waals surface area contributed by atoms with Crippen LogP contribution in [0.4, 0.5) is 0 Å². The summed E-state index contributed by atoms with van der Waals surface area (Å²) in [6, 6.07) is 8.11. The van der Waals surface area contributed by atoms with Crippen LogP contribution in [0.1, 0.15) is 25.3 Å². The molecule has 0 aliphatic carbocycles. The van der Waals surface area contributed by atoms with Gasteiger partial charge in [0.05, 0.1) is 0 Å². The molecule has 0 atom stereocenters. The third-order valence-electron chi connectivity index (χ3n) is 1.73. The van der Waals surface area contributed by atoms with Gasteiger partial charge in [-0.15, -0.1) is 0 Å². The fraction of sp³-hybridized carbons (Fsp3) is 0.231. The van der Waals surface area contributed by atoms with E-state index in [9.17, 15) is 0 Å². The number of rotatable bonds is 2. The zero-order chi connectivity index (χ0) is 10.2. The fourth-order valence-corrected chi connectivity index (χ4v) is 1.41. The zero-order valence-corrected chi connectivity index (χ0v) is 9.84. The van der Waals surface area contributed by atoms with E-state index >= 15 is 0 Å². The van der Waals surface area contributed by atoms with E-state index < -0.39 is 0 Å². The number of halogens is 1. The quantitative estimate of drug-likeness (QED) is 0.687. The first-order valence-corrected chi connectivity index (χ1v) is 5.53. The Balaban J connectivity index is 2.62. The van der Waals surface area contributed by atoms with Gasteiger partial charge in [-0.05, 0) is 30.2 Å². The van der Waals surface area contributed by atoms with Crippen LogP contribution in [0.2, 0.25) is 0 Å². The monoisotopic (exact) mass is 248 g/mol. The molecule has 0 bridgehead atoms. The molecule has 0 radical (unpaired) electrons. The maximum Gasteiger partial charge on any atom is 0.0247 e. The van der Waals surface area contributed by atoms with Gasteiger partial charge in [-0.1, -0.05) is 52.9 Å². The highest BCUT2D eigenvalue weighted by Gasteiger charge is 1.90. The van der Waals surface area contributed by atoms with Crippen molar-refractivity contribution < 1.29 is 0 Å². The summed E-state index contributed by atoms with van der Waals surface area (Å²) in [5.74, 6) is 6.08. The molecule has 0 fully saturated rings. The molecular formula is C13H13Br. The van der Waals surface area contributed by atoms with Crippen molar-refractivity contribution in [3.8, 4) is 11.8 Å². The van der Waals surface area contributed by atoms with E-state index in [0.717, 1.165) is 17.3 Å². The van der Waals surface area contributed by atoms with Crippen molar-refractivity contribution in [2.24, 2.45) is 0 Å². The summed E-state index contributed by atoms with van der Waals surface area (Å²) in [6.07, 6.45) is 6.01. The Bertz CT molecular complexity index is 366. The Kier molecular flexibility index (Phi) is 5.11. The van der Waals surface area contributed by atoms with Crippen LogP contribution in [0.15, 0.2) is 34.8 Å². The molecule has 0 saturated heterocycles. The molecule has 0 aliphatic rings. The van der Waals surface area contributed by atoms with Crippen molar-refractivity contribution in [3.63, 3.8) is 0 Å². The third kappa shape index (κ3) is 3.81. The summed E-state index contributed by atoms with van der Waals surface area (Å²) in [5, 5.41) is 0. The Morgan fingerprint density at radius 3 is 2.86 bits per heavy atom. The van der Waals surface area contributed by atoms with Crippen LogP contribution >= 0.6 is 15.9 Å². The van der Waals surface area contributed by atoms with Crippen LogP contribution in [-0.4, -0.2) is 0 Å². The summed E-state index contributed by atoms with van der Waals surface area (Å²) in [7, 11) is 0. The average Bonchev–Trinajstić information content (AvgIpc) is 2.20. The molecule has 1 rings (SSSR count). The van der Waals surface area contributed by atoms with Crippen molar-refractivity contribution in [1.29, 1.82) is 0 Å². The summed E-state index contributed by atoms with van der Waals surface area (Å²) in [5.41, 5.74) is 1.17. The predicted molar refractivity (Wildman–Crippen MR) is 65.9 cm³/mol. The van der Waals surface area contributed by atoms with Gasteiger partial charge in [-0.2, -0.15) is 0 Å². The molecule has 72 valence electrons. The topological polar surface area (TPSA) is 0 Å². The highest BCUT2D eigenvalue weighted by molar-refractivity contribution is 9.10. The second-order valence-corrected chi connectivity index (χ2v) is 3.78. The van der Waals surface area contributed by atoms with E-state index in [2.05, 4.69) is 40.8 Å². The lowest BCUT2D eigenvalue weighted by atomic mass is 10.2. The van der Waals surface area contributed by atoms with Gasteiger partial charge < -0.3 is 0 Å². The van der Waals surface area contributed by atoms with Gasteiger partial charge in [0, 0.05) is 10.9 Å². The zero-order valence-electron chi connectivity index (χ0n) is 8.26. The Labute approximate surface area is 94.2 Å². The molecule has 14 heavy (non-hydrogen) atoms. The molecule has 0 amide bonds. The van der Waals surface area contributed by atoms with Crippen LogP contribution in [0.5, 0.6) is 0 Å². The lowest BCUT2D eigenvalue weighted by Gasteiger charge is -1.94. The SMILES string of the molecule is CCCC#C/C=C/c1ccccc1Br. The molecule has 0 heterocycles. The second kappa shape index (κ2) is 6.45. The molecule has 0 nitrogen and oxygen atoms in total. The number of hydrogen-bond acceptors (Lipinski definition) is 0. The summed E-state index contributed by atoms with van der Waals surface area (Å²) >= 11 is 3.48. The molecule has 0 saturated carbocycles. The van der Waals surface area contributed by atoms with E-state index in [1.807, 2.05) is 30.4 Å². The van der Waals surface area contributed by atoms with Gasteiger partial charge in [-0.25, -0.2) is 0 Å². The molecule has 0 spiro atoms. The lowest BCUT2D eigenvalue weighted by molar-refractivity contribution is 0.983. The largest absolute Gasteiger partial charge is 0.0985 e. The molecule has 1 aromatic rings. The van der Waals surface area contributed by atoms with Crippen molar-refractivity contribution in [2.75, 3.05) is 0 Å². The molecule has 1 heteroatoms. The second-order valence-electron chi connectivity index (χ2n) is 2.93. The van der Waals surface area contributed by atoms with Crippen molar-refractivity contribution in [1.82, 2.24) is 0 Å². The molecule has 0 N–H and O–H groups in total. The number of hydrogen-bond donors (Lipinski definition) is 0. The Morgan fingerprint density at radius 2 is 2.14 bits per heavy atom. The van der Waals surface area contributed by atoms with Gasteiger partial charge in [-0.3, -0.25) is 0 Å². The number of unbranched alkanes of at least 4 members (excludes halogenated alkanes) is 1. The van der Waals surface area contributed by atoms with E-state index in [1.54, 1.807) is 0 Å².